The summed E-state index contributed by atoms with van der Waals surface area (Å²) < 4.78 is 1.15. The Morgan fingerprint density at radius 2 is 1.86 bits per heavy atom. The Morgan fingerprint density at radius 1 is 1.21 bits per heavy atom. The summed E-state index contributed by atoms with van der Waals surface area (Å²) in [6, 6.07) is 6.80. The number of benzene rings is 1. The van der Waals surface area contributed by atoms with E-state index in [1.807, 2.05) is 6.92 Å². The first-order valence-electron chi connectivity index (χ1n) is 5.04. The molecule has 1 aromatic rings. The van der Waals surface area contributed by atoms with Crippen LogP contribution in [0.1, 0.15) is 37.8 Å². The Morgan fingerprint density at radius 3 is 2.36 bits per heavy atom. The molecule has 0 amide bonds. The Balaban J connectivity index is 2.95. The van der Waals surface area contributed by atoms with Crippen molar-refractivity contribution < 1.29 is 0 Å². The molecule has 0 fully saturated rings. The third-order valence-corrected chi connectivity index (χ3v) is 2.66. The van der Waals surface area contributed by atoms with Crippen molar-refractivity contribution in [2.45, 2.75) is 39.2 Å². The monoisotopic (exact) mass is 255 g/mol. The van der Waals surface area contributed by atoms with Crippen molar-refractivity contribution in [1.82, 2.24) is 0 Å². The summed E-state index contributed by atoms with van der Waals surface area (Å²) in [5.74, 6) is 0.569. The smallest absolute Gasteiger partial charge is 0.0180 e. The SMILES string of the molecule is CC(N)Cc1cc(Br)cc(C(C)C)c1. The molecule has 1 unspecified atom stereocenters. The van der Waals surface area contributed by atoms with Gasteiger partial charge in [0, 0.05) is 10.5 Å². The van der Waals surface area contributed by atoms with Gasteiger partial charge in [0.25, 0.3) is 0 Å². The standard InChI is InChI=1S/C12H18BrN/c1-8(2)11-5-10(4-9(3)14)6-12(13)7-11/h5-9H,4,14H2,1-3H3. The van der Waals surface area contributed by atoms with Gasteiger partial charge in [0.1, 0.15) is 0 Å². The first kappa shape index (κ1) is 11.7. The van der Waals surface area contributed by atoms with Gasteiger partial charge in [0.05, 0.1) is 0 Å². The van der Waals surface area contributed by atoms with Gasteiger partial charge in [-0.1, -0.05) is 35.8 Å². The Labute approximate surface area is 94.8 Å². The summed E-state index contributed by atoms with van der Waals surface area (Å²) >= 11 is 3.53. The Kier molecular flexibility index (Phi) is 4.14. The molecule has 1 nitrogen and oxygen atoms in total. The molecule has 14 heavy (non-hydrogen) atoms. The summed E-state index contributed by atoms with van der Waals surface area (Å²) in [5, 5.41) is 0. The lowest BCUT2D eigenvalue weighted by Crippen LogP contribution is -2.17. The van der Waals surface area contributed by atoms with Crippen molar-refractivity contribution in [1.29, 1.82) is 0 Å². The van der Waals surface area contributed by atoms with Crippen LogP contribution in [0.25, 0.3) is 0 Å². The second kappa shape index (κ2) is 4.94. The molecule has 78 valence electrons. The zero-order chi connectivity index (χ0) is 10.7. The zero-order valence-corrected chi connectivity index (χ0v) is 10.6. The lowest BCUT2D eigenvalue weighted by atomic mass is 9.98. The van der Waals surface area contributed by atoms with Crippen molar-refractivity contribution in [2.24, 2.45) is 5.73 Å². The highest BCUT2D eigenvalue weighted by Gasteiger charge is 2.04. The van der Waals surface area contributed by atoms with Gasteiger partial charge in [-0.05, 0) is 42.5 Å². The van der Waals surface area contributed by atoms with Crippen LogP contribution in [0.5, 0.6) is 0 Å². The van der Waals surface area contributed by atoms with E-state index < -0.39 is 0 Å². The maximum Gasteiger partial charge on any atom is 0.0180 e. The van der Waals surface area contributed by atoms with Crippen molar-refractivity contribution >= 4 is 15.9 Å². The normalized spacial score (nSPS) is 13.3. The molecule has 0 aromatic heterocycles. The van der Waals surface area contributed by atoms with E-state index in [4.69, 9.17) is 5.73 Å². The first-order chi connectivity index (χ1) is 6.49. The predicted octanol–water partition coefficient (Wildman–Crippen LogP) is 3.46. The molecular weight excluding hydrogens is 238 g/mol. The van der Waals surface area contributed by atoms with Crippen LogP contribution in [-0.2, 0) is 6.42 Å². The van der Waals surface area contributed by atoms with Gasteiger partial charge in [-0.15, -0.1) is 0 Å². The summed E-state index contributed by atoms with van der Waals surface area (Å²) in [4.78, 5) is 0. The lowest BCUT2D eigenvalue weighted by Gasteiger charge is -2.11. The molecule has 0 aliphatic heterocycles. The maximum atomic E-state index is 5.79. The summed E-state index contributed by atoms with van der Waals surface area (Å²) in [7, 11) is 0. The largest absolute Gasteiger partial charge is 0.328 e. The third-order valence-electron chi connectivity index (χ3n) is 2.20. The lowest BCUT2D eigenvalue weighted by molar-refractivity contribution is 0.735. The fourth-order valence-electron chi connectivity index (χ4n) is 1.50. The molecule has 1 aromatic carbocycles. The molecule has 0 saturated heterocycles. The number of nitrogens with two attached hydrogens (primary N) is 1. The quantitative estimate of drug-likeness (QED) is 0.880. The van der Waals surface area contributed by atoms with Crippen LogP contribution < -0.4 is 5.73 Å². The summed E-state index contributed by atoms with van der Waals surface area (Å²) in [5.41, 5.74) is 8.47. The number of hydrogen-bond acceptors (Lipinski definition) is 1. The van der Waals surface area contributed by atoms with E-state index in [0.717, 1.165) is 10.9 Å². The Hall–Kier alpha value is -0.340. The fraction of sp³-hybridized carbons (Fsp3) is 0.500. The first-order valence-corrected chi connectivity index (χ1v) is 5.83. The minimum atomic E-state index is 0.226. The highest BCUT2D eigenvalue weighted by Crippen LogP contribution is 2.22. The molecule has 0 heterocycles. The van der Waals surface area contributed by atoms with Crippen LogP contribution in [0.3, 0.4) is 0 Å². The van der Waals surface area contributed by atoms with Crippen LogP contribution in [0.15, 0.2) is 22.7 Å². The topological polar surface area (TPSA) is 26.0 Å². The van der Waals surface area contributed by atoms with Crippen LogP contribution in [0.2, 0.25) is 0 Å². The van der Waals surface area contributed by atoms with Crippen LogP contribution in [-0.4, -0.2) is 6.04 Å². The second-order valence-electron chi connectivity index (χ2n) is 4.23. The van der Waals surface area contributed by atoms with Crippen molar-refractivity contribution in [2.75, 3.05) is 0 Å². The van der Waals surface area contributed by atoms with Gasteiger partial charge in [0.15, 0.2) is 0 Å². The maximum absolute atomic E-state index is 5.79. The minimum Gasteiger partial charge on any atom is -0.328 e. The van der Waals surface area contributed by atoms with Crippen LogP contribution in [0, 0.1) is 0 Å². The molecule has 0 saturated carbocycles. The number of halogens is 1. The molecule has 0 aliphatic carbocycles. The van der Waals surface area contributed by atoms with Gasteiger partial charge >= 0.3 is 0 Å². The molecule has 0 bridgehead atoms. The fourth-order valence-corrected chi connectivity index (χ4v) is 2.06. The summed E-state index contributed by atoms with van der Waals surface area (Å²) in [6.07, 6.45) is 0.944. The number of hydrogen-bond donors (Lipinski definition) is 1. The molecule has 0 aliphatic rings. The molecule has 0 spiro atoms. The molecule has 0 radical (unpaired) electrons. The van der Waals surface area contributed by atoms with Crippen molar-refractivity contribution in [3.8, 4) is 0 Å². The van der Waals surface area contributed by atoms with Crippen LogP contribution in [0.4, 0.5) is 0 Å². The van der Waals surface area contributed by atoms with E-state index in [1.165, 1.54) is 11.1 Å². The molecule has 2 heteroatoms. The Bertz CT molecular complexity index is 305. The second-order valence-corrected chi connectivity index (χ2v) is 5.14. The average Bonchev–Trinajstić information content (AvgIpc) is 2.01. The van der Waals surface area contributed by atoms with Crippen molar-refractivity contribution in [3.05, 3.63) is 33.8 Å². The highest BCUT2D eigenvalue weighted by molar-refractivity contribution is 9.10. The van der Waals surface area contributed by atoms with Gasteiger partial charge in [-0.3, -0.25) is 0 Å². The highest BCUT2D eigenvalue weighted by atomic mass is 79.9. The van der Waals surface area contributed by atoms with Crippen molar-refractivity contribution in [3.63, 3.8) is 0 Å². The molecular formula is C12H18BrN. The van der Waals surface area contributed by atoms with E-state index >= 15 is 0 Å². The van der Waals surface area contributed by atoms with Gasteiger partial charge in [-0.2, -0.15) is 0 Å². The third kappa shape index (κ3) is 3.43. The van der Waals surface area contributed by atoms with E-state index in [-0.39, 0.29) is 6.04 Å². The molecule has 1 atom stereocenters. The zero-order valence-electron chi connectivity index (χ0n) is 9.05. The molecule has 2 N–H and O–H groups in total. The van der Waals surface area contributed by atoms with Gasteiger partial charge in [-0.25, -0.2) is 0 Å². The predicted molar refractivity (Wildman–Crippen MR) is 65.6 cm³/mol. The van der Waals surface area contributed by atoms with E-state index in [9.17, 15) is 0 Å². The van der Waals surface area contributed by atoms with Gasteiger partial charge in [0.2, 0.25) is 0 Å². The van der Waals surface area contributed by atoms with Crippen LogP contribution >= 0.6 is 15.9 Å². The van der Waals surface area contributed by atoms with E-state index in [0.29, 0.717) is 5.92 Å². The van der Waals surface area contributed by atoms with E-state index in [1.54, 1.807) is 0 Å². The molecule has 1 rings (SSSR count). The minimum absolute atomic E-state index is 0.226. The summed E-state index contributed by atoms with van der Waals surface area (Å²) in [6.45, 7) is 6.45. The van der Waals surface area contributed by atoms with E-state index in [2.05, 4.69) is 48.0 Å². The number of rotatable bonds is 3. The van der Waals surface area contributed by atoms with Gasteiger partial charge < -0.3 is 5.73 Å². The average molecular weight is 256 g/mol.